The third-order valence-electron chi connectivity index (χ3n) is 2.20. The largest absolute Gasteiger partial charge is 0.366 e. The first-order valence-corrected chi connectivity index (χ1v) is 4.79. The Bertz CT molecular complexity index is 585. The number of nitrogen functional groups attached to an aromatic ring is 1. The van der Waals surface area contributed by atoms with E-state index in [1.165, 1.54) is 12.1 Å². The number of hydrogen-bond acceptors (Lipinski definition) is 6. The summed E-state index contributed by atoms with van der Waals surface area (Å²) in [4.78, 5) is 14.2. The normalized spacial score (nSPS) is 10.2. The Labute approximate surface area is 96.5 Å². The lowest BCUT2D eigenvalue weighted by Crippen LogP contribution is -2.02. The van der Waals surface area contributed by atoms with Crippen molar-refractivity contribution in [2.45, 2.75) is 6.92 Å². The minimum absolute atomic E-state index is 0.000848. The highest BCUT2D eigenvalue weighted by molar-refractivity contribution is 5.64. The predicted octanol–water partition coefficient (Wildman–Crippen LogP) is 1.34. The van der Waals surface area contributed by atoms with Crippen LogP contribution in [0.3, 0.4) is 0 Å². The van der Waals surface area contributed by atoms with Crippen molar-refractivity contribution in [3.63, 3.8) is 0 Å². The van der Waals surface area contributed by atoms with E-state index in [1.54, 1.807) is 19.1 Å². The van der Waals surface area contributed by atoms with Crippen LogP contribution >= 0.6 is 0 Å². The van der Waals surface area contributed by atoms with Crippen LogP contribution in [0.1, 0.15) is 5.69 Å². The maximum Gasteiger partial charge on any atom is 0.270 e. The molecule has 0 bridgehead atoms. The summed E-state index contributed by atoms with van der Waals surface area (Å²) in [6.45, 7) is 1.72. The average molecular weight is 231 g/mol. The van der Waals surface area contributed by atoms with Crippen molar-refractivity contribution in [2.24, 2.45) is 0 Å². The van der Waals surface area contributed by atoms with Gasteiger partial charge in [0.1, 0.15) is 0 Å². The number of nitrogens with two attached hydrogens (primary N) is 1. The second-order valence-electron chi connectivity index (χ2n) is 3.41. The van der Waals surface area contributed by atoms with Crippen LogP contribution in [0.25, 0.3) is 11.3 Å². The fraction of sp³-hybridized carbons (Fsp3) is 0.100. The molecule has 0 saturated carbocycles. The molecule has 2 N–H and O–H groups in total. The lowest BCUT2D eigenvalue weighted by Gasteiger charge is -2.03. The number of nitro groups is 1. The molecule has 0 amide bonds. The van der Waals surface area contributed by atoms with Crippen LogP contribution in [0, 0.1) is 17.0 Å². The van der Waals surface area contributed by atoms with E-state index in [0.717, 1.165) is 0 Å². The first kappa shape index (κ1) is 10.9. The van der Waals surface area contributed by atoms with Crippen LogP contribution in [0.5, 0.6) is 0 Å². The molecule has 0 spiro atoms. The molecule has 1 heterocycles. The molecule has 0 aliphatic heterocycles. The fourth-order valence-electron chi connectivity index (χ4n) is 1.43. The Morgan fingerprint density at radius 2 is 2.12 bits per heavy atom. The van der Waals surface area contributed by atoms with Crippen molar-refractivity contribution in [1.82, 2.24) is 15.2 Å². The second-order valence-corrected chi connectivity index (χ2v) is 3.41. The van der Waals surface area contributed by atoms with Crippen LogP contribution in [0.4, 0.5) is 11.6 Å². The molecular formula is C10H9N5O2. The number of benzene rings is 1. The number of rotatable bonds is 2. The van der Waals surface area contributed by atoms with E-state index in [-0.39, 0.29) is 11.6 Å². The summed E-state index contributed by atoms with van der Waals surface area (Å²) >= 11 is 0. The molecule has 0 aliphatic rings. The topological polar surface area (TPSA) is 108 Å². The van der Waals surface area contributed by atoms with E-state index in [1.807, 2.05) is 0 Å². The van der Waals surface area contributed by atoms with Gasteiger partial charge in [0.25, 0.3) is 5.69 Å². The van der Waals surface area contributed by atoms with Crippen LogP contribution in [0.15, 0.2) is 24.3 Å². The lowest BCUT2D eigenvalue weighted by molar-refractivity contribution is -0.384. The molecule has 0 saturated heterocycles. The van der Waals surface area contributed by atoms with Gasteiger partial charge in [-0.05, 0) is 6.92 Å². The Hall–Kier alpha value is -2.57. The third kappa shape index (κ3) is 2.17. The first-order valence-electron chi connectivity index (χ1n) is 4.79. The SMILES string of the molecule is Cc1nnc(N)nc1-c1cccc([N+](=O)[O-])c1. The maximum atomic E-state index is 10.7. The van der Waals surface area contributed by atoms with Crippen molar-refractivity contribution in [3.05, 3.63) is 40.1 Å². The maximum absolute atomic E-state index is 10.7. The van der Waals surface area contributed by atoms with Crippen molar-refractivity contribution in [2.75, 3.05) is 5.73 Å². The second kappa shape index (κ2) is 4.12. The summed E-state index contributed by atoms with van der Waals surface area (Å²) in [5.74, 6) is 0.0390. The van der Waals surface area contributed by atoms with E-state index < -0.39 is 4.92 Å². The zero-order valence-corrected chi connectivity index (χ0v) is 8.99. The molecule has 0 unspecified atom stereocenters. The molecule has 0 radical (unpaired) electrons. The molecule has 17 heavy (non-hydrogen) atoms. The molecule has 86 valence electrons. The van der Waals surface area contributed by atoms with Gasteiger partial charge in [-0.2, -0.15) is 0 Å². The van der Waals surface area contributed by atoms with Gasteiger partial charge >= 0.3 is 0 Å². The summed E-state index contributed by atoms with van der Waals surface area (Å²) in [6.07, 6.45) is 0. The summed E-state index contributed by atoms with van der Waals surface area (Å²) < 4.78 is 0. The molecule has 0 fully saturated rings. The van der Waals surface area contributed by atoms with Crippen molar-refractivity contribution in [3.8, 4) is 11.3 Å². The van der Waals surface area contributed by atoms with Gasteiger partial charge in [-0.3, -0.25) is 10.1 Å². The van der Waals surface area contributed by atoms with Crippen molar-refractivity contribution < 1.29 is 4.92 Å². The fourth-order valence-corrected chi connectivity index (χ4v) is 1.43. The molecule has 0 atom stereocenters. The molecule has 7 nitrogen and oxygen atoms in total. The van der Waals surface area contributed by atoms with Gasteiger partial charge in [0.15, 0.2) is 0 Å². The van der Waals surface area contributed by atoms with Crippen LogP contribution in [0.2, 0.25) is 0 Å². The van der Waals surface area contributed by atoms with Gasteiger partial charge in [0.2, 0.25) is 5.95 Å². The van der Waals surface area contributed by atoms with Crippen LogP contribution in [-0.2, 0) is 0 Å². The Kier molecular flexibility index (Phi) is 2.65. The smallest absolute Gasteiger partial charge is 0.270 e. The quantitative estimate of drug-likeness (QED) is 0.617. The molecular weight excluding hydrogens is 222 g/mol. The number of nitrogens with zero attached hydrogens (tertiary/aromatic N) is 4. The van der Waals surface area contributed by atoms with E-state index >= 15 is 0 Å². The minimum Gasteiger partial charge on any atom is -0.366 e. The van der Waals surface area contributed by atoms with Gasteiger partial charge in [0, 0.05) is 17.7 Å². The highest BCUT2D eigenvalue weighted by Crippen LogP contribution is 2.23. The summed E-state index contributed by atoms with van der Waals surface area (Å²) in [5.41, 5.74) is 7.11. The molecule has 2 aromatic rings. The number of nitro benzene ring substituents is 1. The molecule has 1 aromatic carbocycles. The van der Waals surface area contributed by atoms with Gasteiger partial charge in [0.05, 0.1) is 16.3 Å². The van der Waals surface area contributed by atoms with E-state index in [0.29, 0.717) is 17.0 Å². The van der Waals surface area contributed by atoms with Crippen LogP contribution in [-0.4, -0.2) is 20.1 Å². The summed E-state index contributed by atoms with van der Waals surface area (Å²) in [5, 5.41) is 18.1. The Morgan fingerprint density at radius 3 is 2.82 bits per heavy atom. The average Bonchev–Trinajstić information content (AvgIpc) is 2.32. The molecule has 2 rings (SSSR count). The Morgan fingerprint density at radius 1 is 1.35 bits per heavy atom. The van der Waals surface area contributed by atoms with Gasteiger partial charge in [-0.25, -0.2) is 4.98 Å². The van der Waals surface area contributed by atoms with Crippen LogP contribution < -0.4 is 5.73 Å². The standard InChI is InChI=1S/C10H9N5O2/c1-6-9(12-10(11)14-13-6)7-3-2-4-8(5-7)15(16)17/h2-5H,1H3,(H2,11,12,14). The molecule has 1 aromatic heterocycles. The van der Waals surface area contributed by atoms with Crippen molar-refractivity contribution >= 4 is 11.6 Å². The lowest BCUT2D eigenvalue weighted by atomic mass is 10.1. The third-order valence-corrected chi connectivity index (χ3v) is 2.20. The van der Waals surface area contributed by atoms with Gasteiger partial charge < -0.3 is 5.73 Å². The number of aromatic nitrogens is 3. The number of aryl methyl sites for hydroxylation is 1. The van der Waals surface area contributed by atoms with E-state index in [2.05, 4.69) is 15.2 Å². The van der Waals surface area contributed by atoms with Gasteiger partial charge in [-0.15, -0.1) is 10.2 Å². The predicted molar refractivity (Wildman–Crippen MR) is 61.1 cm³/mol. The number of hydrogen-bond donors (Lipinski definition) is 1. The van der Waals surface area contributed by atoms with E-state index in [9.17, 15) is 10.1 Å². The monoisotopic (exact) mass is 231 g/mol. The minimum atomic E-state index is -0.461. The zero-order valence-electron chi connectivity index (χ0n) is 8.99. The zero-order chi connectivity index (χ0) is 12.4. The summed E-state index contributed by atoms with van der Waals surface area (Å²) in [6, 6.07) is 6.14. The molecule has 0 aliphatic carbocycles. The molecule has 7 heteroatoms. The Balaban J connectivity index is 2.56. The van der Waals surface area contributed by atoms with Crippen molar-refractivity contribution in [1.29, 1.82) is 0 Å². The first-order chi connectivity index (χ1) is 8.08. The number of non-ortho nitro benzene ring substituents is 1. The number of anilines is 1. The van der Waals surface area contributed by atoms with Gasteiger partial charge in [-0.1, -0.05) is 12.1 Å². The summed E-state index contributed by atoms with van der Waals surface area (Å²) in [7, 11) is 0. The van der Waals surface area contributed by atoms with E-state index in [4.69, 9.17) is 5.73 Å². The highest BCUT2D eigenvalue weighted by atomic mass is 16.6. The highest BCUT2D eigenvalue weighted by Gasteiger charge is 2.11.